The van der Waals surface area contributed by atoms with Gasteiger partial charge in [-0.15, -0.1) is 5.10 Å². The average Bonchev–Trinajstić information content (AvgIpc) is 3.04. The number of hydrogen-bond donors (Lipinski definition) is 0. The van der Waals surface area contributed by atoms with Gasteiger partial charge in [-0.2, -0.15) is 9.61 Å². The van der Waals surface area contributed by atoms with E-state index in [4.69, 9.17) is 0 Å². The summed E-state index contributed by atoms with van der Waals surface area (Å²) in [4.78, 5) is 17.5. The van der Waals surface area contributed by atoms with Gasteiger partial charge in [0.2, 0.25) is 5.43 Å². The van der Waals surface area contributed by atoms with E-state index in [-0.39, 0.29) is 5.43 Å². The molecule has 0 radical (unpaired) electrons. The number of imidazole rings is 1. The van der Waals surface area contributed by atoms with Crippen LogP contribution in [0.2, 0.25) is 0 Å². The highest BCUT2D eigenvalue weighted by Gasteiger charge is 2.18. The largest absolute Gasteiger partial charge is 0.287 e. The summed E-state index contributed by atoms with van der Waals surface area (Å²) in [6.07, 6.45) is 0. The lowest BCUT2D eigenvalue weighted by Gasteiger charge is -2.10. The molecule has 0 aliphatic rings. The Kier molecular flexibility index (Phi) is 2.94. The average molecular weight is 342 g/mol. The lowest BCUT2D eigenvalue weighted by molar-refractivity contribution is 0.782. The first kappa shape index (κ1) is 14.7. The van der Waals surface area contributed by atoms with Crippen LogP contribution in [0.5, 0.6) is 0 Å². The van der Waals surface area contributed by atoms with E-state index in [1.807, 2.05) is 55.5 Å². The smallest absolute Gasteiger partial charge is 0.216 e. The molecule has 0 unspecified atom stereocenters. The molecule has 0 N–H and O–H groups in total. The number of aromatic nitrogens is 6. The van der Waals surface area contributed by atoms with Gasteiger partial charge in [-0.3, -0.25) is 4.79 Å². The number of nitrogens with zero attached hydrogens (tertiary/aromatic N) is 6. The number of hydrogen-bond acceptors (Lipinski definition) is 5. The predicted molar refractivity (Wildman–Crippen MR) is 98.7 cm³/mol. The fourth-order valence-corrected chi connectivity index (χ4v) is 3.14. The van der Waals surface area contributed by atoms with Crippen molar-refractivity contribution in [2.75, 3.05) is 0 Å². The molecule has 3 heterocycles. The molecule has 2 aromatic carbocycles. The molecule has 26 heavy (non-hydrogen) atoms. The summed E-state index contributed by atoms with van der Waals surface area (Å²) in [6.45, 7) is 3.72. The molecule has 3 aromatic heterocycles. The number of aryl methyl sites for hydroxylation is 2. The van der Waals surface area contributed by atoms with Crippen molar-refractivity contribution in [3.63, 3.8) is 0 Å². The Balaban J connectivity index is 1.97. The van der Waals surface area contributed by atoms with Gasteiger partial charge in [0.15, 0.2) is 11.3 Å². The highest BCUT2D eigenvalue weighted by molar-refractivity contribution is 5.94. The van der Waals surface area contributed by atoms with Crippen LogP contribution in [0.4, 0.5) is 0 Å². The summed E-state index contributed by atoms with van der Waals surface area (Å²) >= 11 is 0. The highest BCUT2D eigenvalue weighted by atomic mass is 16.1. The van der Waals surface area contributed by atoms with E-state index >= 15 is 0 Å². The summed E-state index contributed by atoms with van der Waals surface area (Å²) in [7, 11) is 0. The second-order valence-electron chi connectivity index (χ2n) is 6.29. The Hall–Kier alpha value is -3.61. The van der Waals surface area contributed by atoms with Gasteiger partial charge in [0.1, 0.15) is 11.1 Å². The second-order valence-corrected chi connectivity index (χ2v) is 6.29. The van der Waals surface area contributed by atoms with Crippen molar-refractivity contribution in [3.8, 4) is 5.69 Å². The third-order valence-electron chi connectivity index (χ3n) is 4.50. The van der Waals surface area contributed by atoms with Crippen LogP contribution < -0.4 is 5.43 Å². The molecule has 0 saturated carbocycles. The van der Waals surface area contributed by atoms with Crippen molar-refractivity contribution in [2.45, 2.75) is 13.8 Å². The van der Waals surface area contributed by atoms with Crippen molar-refractivity contribution < 1.29 is 0 Å². The first-order valence-electron chi connectivity index (χ1n) is 8.24. The number of para-hydroxylation sites is 2. The molecule has 0 fully saturated rings. The topological polar surface area (TPSA) is 78.0 Å². The molecule has 126 valence electrons. The van der Waals surface area contributed by atoms with Gasteiger partial charge in [-0.25, -0.2) is 9.67 Å². The molecule has 0 aliphatic heterocycles. The summed E-state index contributed by atoms with van der Waals surface area (Å²) < 4.78 is 3.26. The molecule has 7 nitrogen and oxygen atoms in total. The molecule has 0 spiro atoms. The van der Waals surface area contributed by atoms with Crippen LogP contribution >= 0.6 is 0 Å². The highest BCUT2D eigenvalue weighted by Crippen LogP contribution is 2.21. The van der Waals surface area contributed by atoms with Crippen molar-refractivity contribution >= 4 is 27.7 Å². The summed E-state index contributed by atoms with van der Waals surface area (Å²) in [5, 5.41) is 13.4. The monoisotopic (exact) mass is 342 g/mol. The lowest BCUT2D eigenvalue weighted by Crippen LogP contribution is -2.19. The van der Waals surface area contributed by atoms with Crippen LogP contribution in [0, 0.1) is 13.8 Å². The fraction of sp³-hybridized carbons (Fsp3) is 0.105. The Bertz CT molecular complexity index is 1360. The quantitative estimate of drug-likeness (QED) is 0.468. The maximum absolute atomic E-state index is 12.9. The first-order chi connectivity index (χ1) is 12.6. The summed E-state index contributed by atoms with van der Waals surface area (Å²) in [5.74, 6) is 0. The van der Waals surface area contributed by atoms with E-state index in [2.05, 4.69) is 20.4 Å². The molecule has 0 bridgehead atoms. The van der Waals surface area contributed by atoms with Gasteiger partial charge in [-0.1, -0.05) is 35.0 Å². The molecule has 0 amide bonds. The Morgan fingerprint density at radius 3 is 2.50 bits per heavy atom. The van der Waals surface area contributed by atoms with E-state index in [9.17, 15) is 4.79 Å². The van der Waals surface area contributed by atoms with E-state index in [0.717, 1.165) is 22.3 Å². The van der Waals surface area contributed by atoms with Gasteiger partial charge in [-0.05, 0) is 38.1 Å². The van der Waals surface area contributed by atoms with E-state index < -0.39 is 0 Å². The minimum atomic E-state index is -0.182. The van der Waals surface area contributed by atoms with Crippen LogP contribution in [0.3, 0.4) is 0 Å². The van der Waals surface area contributed by atoms with Crippen molar-refractivity contribution in [1.29, 1.82) is 0 Å². The summed E-state index contributed by atoms with van der Waals surface area (Å²) in [5.41, 5.74) is 4.64. The third-order valence-corrected chi connectivity index (χ3v) is 4.50. The van der Waals surface area contributed by atoms with Crippen LogP contribution in [-0.2, 0) is 0 Å². The summed E-state index contributed by atoms with van der Waals surface area (Å²) in [6, 6.07) is 15.5. The van der Waals surface area contributed by atoms with E-state index in [0.29, 0.717) is 22.4 Å². The van der Waals surface area contributed by atoms with Crippen molar-refractivity contribution in [3.05, 3.63) is 70.0 Å². The predicted octanol–water partition coefficient (Wildman–Crippen LogP) is 2.59. The lowest BCUT2D eigenvalue weighted by atomic mass is 10.2. The first-order valence-corrected chi connectivity index (χ1v) is 8.24. The van der Waals surface area contributed by atoms with Crippen LogP contribution in [0.1, 0.15) is 11.3 Å². The minimum absolute atomic E-state index is 0.182. The van der Waals surface area contributed by atoms with Crippen LogP contribution in [-0.4, -0.2) is 29.6 Å². The van der Waals surface area contributed by atoms with Gasteiger partial charge in [0.25, 0.3) is 0 Å². The van der Waals surface area contributed by atoms with Crippen molar-refractivity contribution in [1.82, 2.24) is 29.6 Å². The molecule has 5 rings (SSSR count). The van der Waals surface area contributed by atoms with Gasteiger partial charge < -0.3 is 0 Å². The van der Waals surface area contributed by atoms with Gasteiger partial charge in [0, 0.05) is 0 Å². The fourth-order valence-electron chi connectivity index (χ4n) is 3.14. The molecule has 0 aliphatic carbocycles. The minimum Gasteiger partial charge on any atom is -0.287 e. The molecular weight excluding hydrogens is 328 g/mol. The Labute approximate surface area is 147 Å². The molecule has 0 atom stereocenters. The molecule has 5 aromatic rings. The second kappa shape index (κ2) is 5.19. The zero-order valence-corrected chi connectivity index (χ0v) is 14.2. The zero-order valence-electron chi connectivity index (χ0n) is 14.2. The van der Waals surface area contributed by atoms with Crippen LogP contribution in [0.15, 0.2) is 53.3 Å². The molecular formula is C19H14N6O. The van der Waals surface area contributed by atoms with Crippen LogP contribution in [0.25, 0.3) is 33.4 Å². The maximum Gasteiger partial charge on any atom is 0.216 e. The van der Waals surface area contributed by atoms with Crippen molar-refractivity contribution in [2.24, 2.45) is 0 Å². The third kappa shape index (κ3) is 1.97. The van der Waals surface area contributed by atoms with E-state index in [1.54, 1.807) is 16.1 Å². The number of rotatable bonds is 1. The number of fused-ring (bicyclic) bond motifs is 5. The van der Waals surface area contributed by atoms with E-state index in [1.165, 1.54) is 0 Å². The molecule has 7 heteroatoms. The zero-order chi connectivity index (χ0) is 17.8. The Morgan fingerprint density at radius 1 is 0.923 bits per heavy atom. The SMILES string of the molecule is Cc1ccc(-n2nc(C)c(=O)c3c2nnn2c4ccccc4nc32)cc1. The van der Waals surface area contributed by atoms with Gasteiger partial charge >= 0.3 is 0 Å². The Morgan fingerprint density at radius 2 is 1.69 bits per heavy atom. The van der Waals surface area contributed by atoms with Gasteiger partial charge in [0.05, 0.1) is 16.7 Å². The maximum atomic E-state index is 12.9. The normalized spacial score (nSPS) is 11.6. The molecule has 0 saturated heterocycles. The number of benzene rings is 2. The standard InChI is InChI=1S/C19H14N6O/c1-11-7-9-13(10-8-11)24-19-16(17(26)12(2)22-24)18-20-14-5-3-4-6-15(14)25(18)23-21-19/h3-10H,1-2H3.